The van der Waals surface area contributed by atoms with Crippen molar-refractivity contribution in [2.24, 2.45) is 5.92 Å². The van der Waals surface area contributed by atoms with Gasteiger partial charge in [0, 0.05) is 18.2 Å². The molecule has 2 atom stereocenters. The molecule has 0 aromatic heterocycles. The van der Waals surface area contributed by atoms with Crippen LogP contribution in [-0.4, -0.2) is 17.5 Å². The molecule has 4 nitrogen and oxygen atoms in total. The Morgan fingerprint density at radius 1 is 1.44 bits per heavy atom. The summed E-state index contributed by atoms with van der Waals surface area (Å²) < 4.78 is 0. The van der Waals surface area contributed by atoms with Gasteiger partial charge in [0.1, 0.15) is 0 Å². The molecule has 0 bridgehead atoms. The lowest BCUT2D eigenvalue weighted by molar-refractivity contribution is -0.384. The minimum Gasteiger partial charge on any atom is -0.313 e. The number of non-ortho nitro benzene ring substituents is 1. The van der Waals surface area contributed by atoms with Crippen LogP contribution in [0.4, 0.5) is 5.69 Å². The molecule has 18 heavy (non-hydrogen) atoms. The monoisotopic (exact) mass is 248 g/mol. The van der Waals surface area contributed by atoms with Gasteiger partial charge in [-0.05, 0) is 49.8 Å². The number of nitrogens with one attached hydrogen (secondary N) is 1. The first-order valence-electron chi connectivity index (χ1n) is 6.53. The summed E-state index contributed by atoms with van der Waals surface area (Å²) >= 11 is 0. The number of rotatable bonds is 3. The maximum Gasteiger partial charge on any atom is 0.269 e. The van der Waals surface area contributed by atoms with Crippen molar-refractivity contribution >= 4 is 5.69 Å². The smallest absolute Gasteiger partial charge is 0.269 e. The Balaban J connectivity index is 2.08. The van der Waals surface area contributed by atoms with Crippen LogP contribution < -0.4 is 5.32 Å². The topological polar surface area (TPSA) is 55.2 Å². The molecule has 2 rings (SSSR count). The van der Waals surface area contributed by atoms with Crippen molar-refractivity contribution in [2.45, 2.75) is 39.2 Å². The summed E-state index contributed by atoms with van der Waals surface area (Å²) in [5, 5.41) is 14.3. The third-order valence-corrected chi connectivity index (χ3v) is 3.77. The lowest BCUT2D eigenvalue weighted by Gasteiger charge is -2.28. The van der Waals surface area contributed by atoms with E-state index in [2.05, 4.69) is 12.2 Å². The fraction of sp³-hybridized carbons (Fsp3) is 0.571. The van der Waals surface area contributed by atoms with E-state index in [0.29, 0.717) is 6.04 Å². The van der Waals surface area contributed by atoms with E-state index < -0.39 is 0 Å². The molecule has 1 aromatic carbocycles. The first-order chi connectivity index (χ1) is 8.56. The fourth-order valence-electron chi connectivity index (χ4n) is 2.49. The first kappa shape index (κ1) is 13.0. The van der Waals surface area contributed by atoms with Gasteiger partial charge in [-0.2, -0.15) is 0 Å². The van der Waals surface area contributed by atoms with Gasteiger partial charge in [-0.1, -0.05) is 13.0 Å². The number of nitrogens with zero attached hydrogens (tertiary/aromatic N) is 1. The normalized spacial score (nSPS) is 23.9. The van der Waals surface area contributed by atoms with Crippen molar-refractivity contribution in [3.8, 4) is 0 Å². The van der Waals surface area contributed by atoms with Crippen LogP contribution in [0.3, 0.4) is 0 Å². The van der Waals surface area contributed by atoms with Crippen molar-refractivity contribution in [1.29, 1.82) is 0 Å². The molecule has 98 valence electrons. The number of aryl methyl sites for hydroxylation is 1. The second kappa shape index (κ2) is 5.48. The van der Waals surface area contributed by atoms with E-state index >= 15 is 0 Å². The Bertz CT molecular complexity index is 437. The maximum atomic E-state index is 10.8. The molecule has 2 unspecified atom stereocenters. The predicted molar refractivity (Wildman–Crippen MR) is 71.7 cm³/mol. The van der Waals surface area contributed by atoms with E-state index in [-0.39, 0.29) is 10.6 Å². The van der Waals surface area contributed by atoms with E-state index in [1.54, 1.807) is 12.1 Å². The van der Waals surface area contributed by atoms with Gasteiger partial charge in [0.05, 0.1) is 4.92 Å². The molecular weight excluding hydrogens is 228 g/mol. The lowest BCUT2D eigenvalue weighted by atomic mass is 9.91. The summed E-state index contributed by atoms with van der Waals surface area (Å²) in [7, 11) is 0. The second-order valence-electron chi connectivity index (χ2n) is 5.36. The first-order valence-corrected chi connectivity index (χ1v) is 6.53. The summed E-state index contributed by atoms with van der Waals surface area (Å²) in [6.45, 7) is 5.32. The van der Waals surface area contributed by atoms with Gasteiger partial charge in [0.25, 0.3) is 5.69 Å². The SMILES string of the molecule is Cc1ccc([N+](=O)[O-])cc1CC1CCC(C)CN1. The van der Waals surface area contributed by atoms with Gasteiger partial charge in [-0.3, -0.25) is 10.1 Å². The molecule has 0 saturated carbocycles. The number of piperidine rings is 1. The highest BCUT2D eigenvalue weighted by molar-refractivity contribution is 5.39. The van der Waals surface area contributed by atoms with Crippen LogP contribution in [0.15, 0.2) is 18.2 Å². The summed E-state index contributed by atoms with van der Waals surface area (Å²) in [6.07, 6.45) is 3.29. The molecule has 4 heteroatoms. The zero-order chi connectivity index (χ0) is 13.1. The summed E-state index contributed by atoms with van der Waals surface area (Å²) in [4.78, 5) is 10.5. The van der Waals surface area contributed by atoms with Crippen LogP contribution in [-0.2, 0) is 6.42 Å². The van der Waals surface area contributed by atoms with E-state index in [0.717, 1.165) is 36.4 Å². The molecule has 1 heterocycles. The molecular formula is C14H20N2O2. The van der Waals surface area contributed by atoms with Crippen LogP contribution in [0.1, 0.15) is 30.9 Å². The number of benzene rings is 1. The van der Waals surface area contributed by atoms with Gasteiger partial charge in [0.2, 0.25) is 0 Å². The highest BCUT2D eigenvalue weighted by Crippen LogP contribution is 2.22. The quantitative estimate of drug-likeness (QED) is 0.661. The molecule has 1 saturated heterocycles. The minimum absolute atomic E-state index is 0.194. The zero-order valence-corrected chi connectivity index (χ0v) is 11.0. The third kappa shape index (κ3) is 3.07. The molecule has 1 aliphatic rings. The predicted octanol–water partition coefficient (Wildman–Crippen LogP) is 2.83. The van der Waals surface area contributed by atoms with Crippen LogP contribution in [0.2, 0.25) is 0 Å². The average molecular weight is 248 g/mol. The van der Waals surface area contributed by atoms with Crippen molar-refractivity contribution in [1.82, 2.24) is 5.32 Å². The third-order valence-electron chi connectivity index (χ3n) is 3.77. The summed E-state index contributed by atoms with van der Waals surface area (Å²) in [5.41, 5.74) is 2.43. The van der Waals surface area contributed by atoms with Gasteiger partial charge in [0.15, 0.2) is 0 Å². The van der Waals surface area contributed by atoms with E-state index in [4.69, 9.17) is 0 Å². The van der Waals surface area contributed by atoms with Crippen molar-refractivity contribution in [3.63, 3.8) is 0 Å². The van der Waals surface area contributed by atoms with Crippen LogP contribution in [0.5, 0.6) is 0 Å². The molecule has 0 amide bonds. The molecule has 1 fully saturated rings. The molecule has 0 spiro atoms. The molecule has 1 aromatic rings. The Hall–Kier alpha value is -1.42. The molecule has 0 radical (unpaired) electrons. The van der Waals surface area contributed by atoms with Gasteiger partial charge < -0.3 is 5.32 Å². The summed E-state index contributed by atoms with van der Waals surface area (Å²) in [5.74, 6) is 0.743. The van der Waals surface area contributed by atoms with Crippen LogP contribution >= 0.6 is 0 Å². The highest BCUT2D eigenvalue weighted by atomic mass is 16.6. The van der Waals surface area contributed by atoms with Gasteiger partial charge in [-0.15, -0.1) is 0 Å². The van der Waals surface area contributed by atoms with Crippen molar-refractivity contribution in [3.05, 3.63) is 39.4 Å². The fourth-order valence-corrected chi connectivity index (χ4v) is 2.49. The Kier molecular flexibility index (Phi) is 3.97. The minimum atomic E-state index is -0.320. The molecule has 0 aliphatic carbocycles. The number of nitro benzene ring substituents is 1. The largest absolute Gasteiger partial charge is 0.313 e. The zero-order valence-electron chi connectivity index (χ0n) is 11.0. The van der Waals surface area contributed by atoms with Crippen LogP contribution in [0, 0.1) is 23.0 Å². The highest BCUT2D eigenvalue weighted by Gasteiger charge is 2.19. The van der Waals surface area contributed by atoms with Gasteiger partial charge in [-0.25, -0.2) is 0 Å². The Labute approximate surface area is 108 Å². The van der Waals surface area contributed by atoms with Crippen LogP contribution in [0.25, 0.3) is 0 Å². The van der Waals surface area contributed by atoms with Crippen molar-refractivity contribution in [2.75, 3.05) is 6.54 Å². The Morgan fingerprint density at radius 2 is 2.22 bits per heavy atom. The Morgan fingerprint density at radius 3 is 2.83 bits per heavy atom. The van der Waals surface area contributed by atoms with E-state index in [1.165, 1.54) is 6.42 Å². The van der Waals surface area contributed by atoms with Gasteiger partial charge >= 0.3 is 0 Å². The molecule has 1 N–H and O–H groups in total. The summed E-state index contributed by atoms with van der Waals surface area (Å²) in [6, 6.07) is 5.60. The average Bonchev–Trinajstić information content (AvgIpc) is 2.34. The van der Waals surface area contributed by atoms with E-state index in [1.807, 2.05) is 13.0 Å². The van der Waals surface area contributed by atoms with E-state index in [9.17, 15) is 10.1 Å². The molecule has 1 aliphatic heterocycles. The standard InChI is InChI=1S/C14H20N2O2/c1-10-3-5-13(15-9-10)7-12-8-14(16(17)18)6-4-11(12)2/h4,6,8,10,13,15H,3,5,7,9H2,1-2H3. The number of nitro groups is 1. The number of hydrogen-bond acceptors (Lipinski definition) is 3. The number of hydrogen-bond donors (Lipinski definition) is 1. The van der Waals surface area contributed by atoms with Crippen molar-refractivity contribution < 1.29 is 4.92 Å². The second-order valence-corrected chi connectivity index (χ2v) is 5.36. The lowest BCUT2D eigenvalue weighted by Crippen LogP contribution is -2.39. The maximum absolute atomic E-state index is 10.8.